The zero-order chi connectivity index (χ0) is 17.5. The molecule has 0 aromatic carbocycles. The molecule has 0 radical (unpaired) electrons. The number of carbonyl (C=O) groups is 1. The van der Waals surface area contributed by atoms with Crippen LogP contribution >= 0.6 is 0 Å². The van der Waals surface area contributed by atoms with Crippen molar-refractivity contribution in [1.82, 2.24) is 0 Å². The fourth-order valence-corrected chi connectivity index (χ4v) is 6.73. The minimum atomic E-state index is 0.297. The van der Waals surface area contributed by atoms with E-state index in [1.54, 1.807) is 11.1 Å². The molecule has 0 amide bonds. The minimum Gasteiger partial charge on any atom is -0.303 e. The quantitative estimate of drug-likeness (QED) is 0.513. The van der Waals surface area contributed by atoms with Crippen LogP contribution in [0.4, 0.5) is 0 Å². The first-order valence-corrected chi connectivity index (χ1v) is 10.3. The molecule has 0 aromatic heterocycles. The topological polar surface area (TPSA) is 17.1 Å². The Bertz CT molecular complexity index is 556. The summed E-state index contributed by atoms with van der Waals surface area (Å²) in [5.41, 5.74) is 3.89. The number of fused-ring (bicyclic) bond motifs is 5. The molecule has 3 unspecified atom stereocenters. The van der Waals surface area contributed by atoms with Gasteiger partial charge in [-0.05, 0) is 86.0 Å². The second kappa shape index (κ2) is 6.46. The van der Waals surface area contributed by atoms with Gasteiger partial charge in [0.05, 0.1) is 0 Å². The fraction of sp³-hybridized carbons (Fsp3) is 0.783. The molecule has 24 heavy (non-hydrogen) atoms. The molecular formula is C23H36O. The van der Waals surface area contributed by atoms with Crippen molar-refractivity contribution in [3.05, 3.63) is 23.3 Å². The number of hydrogen-bond donors (Lipinski definition) is 0. The molecule has 0 aliphatic heterocycles. The summed E-state index contributed by atoms with van der Waals surface area (Å²) in [6.07, 6.45) is 15.2. The van der Waals surface area contributed by atoms with Crippen LogP contribution in [0.15, 0.2) is 23.3 Å². The molecule has 0 spiro atoms. The summed E-state index contributed by atoms with van der Waals surface area (Å²) in [6, 6.07) is 0. The van der Waals surface area contributed by atoms with Gasteiger partial charge in [-0.2, -0.15) is 0 Å². The monoisotopic (exact) mass is 328 g/mol. The van der Waals surface area contributed by atoms with Crippen molar-refractivity contribution >= 4 is 6.29 Å². The first-order chi connectivity index (χ1) is 11.5. The van der Waals surface area contributed by atoms with Crippen molar-refractivity contribution in [2.75, 3.05) is 0 Å². The van der Waals surface area contributed by atoms with Gasteiger partial charge in [0.15, 0.2) is 0 Å². The molecule has 134 valence electrons. The molecule has 4 rings (SSSR count). The van der Waals surface area contributed by atoms with Crippen LogP contribution in [-0.4, -0.2) is 6.29 Å². The summed E-state index contributed by atoms with van der Waals surface area (Å²) in [4.78, 5) is 11.5. The molecule has 1 nitrogen and oxygen atoms in total. The summed E-state index contributed by atoms with van der Waals surface area (Å²) in [5.74, 6) is 2.78. The average Bonchev–Trinajstić information content (AvgIpc) is 2.93. The Balaban J connectivity index is 0.000000815. The maximum absolute atomic E-state index is 11.5. The van der Waals surface area contributed by atoms with Gasteiger partial charge in [-0.1, -0.05) is 45.4 Å². The van der Waals surface area contributed by atoms with Crippen molar-refractivity contribution in [2.24, 2.45) is 34.5 Å². The van der Waals surface area contributed by atoms with Crippen LogP contribution in [0.3, 0.4) is 0 Å². The summed E-state index contributed by atoms with van der Waals surface area (Å²) < 4.78 is 0. The van der Waals surface area contributed by atoms with Gasteiger partial charge in [-0.15, -0.1) is 0 Å². The van der Waals surface area contributed by atoms with Gasteiger partial charge in [0.25, 0.3) is 0 Å². The van der Waals surface area contributed by atoms with E-state index in [9.17, 15) is 4.79 Å². The Morgan fingerprint density at radius 1 is 1.08 bits per heavy atom. The van der Waals surface area contributed by atoms with Crippen molar-refractivity contribution in [2.45, 2.75) is 79.6 Å². The Kier molecular flexibility index (Phi) is 4.84. The molecule has 6 atom stereocenters. The van der Waals surface area contributed by atoms with Crippen molar-refractivity contribution in [3.8, 4) is 0 Å². The summed E-state index contributed by atoms with van der Waals surface area (Å²) in [6.45, 7) is 11.2. The van der Waals surface area contributed by atoms with Gasteiger partial charge in [-0.3, -0.25) is 0 Å². The maximum Gasteiger partial charge on any atom is 0.123 e. The number of rotatable bonds is 1. The molecule has 4 aliphatic carbocycles. The van der Waals surface area contributed by atoms with E-state index in [0.717, 1.165) is 24.2 Å². The van der Waals surface area contributed by atoms with E-state index in [-0.39, 0.29) is 0 Å². The highest BCUT2D eigenvalue weighted by atomic mass is 16.1. The normalized spacial score (nSPS) is 46.4. The smallest absolute Gasteiger partial charge is 0.123 e. The maximum atomic E-state index is 11.5. The van der Waals surface area contributed by atoms with E-state index in [0.29, 0.717) is 16.7 Å². The Hall–Kier alpha value is -0.850. The standard InChI is InChI=1S/C21H30O.C2H6/c1-14-8-10-20(2)15(12-14)4-6-17-18-7-5-16(13-22)21(18,3)11-9-19(17)20;1-2/h4,12-13,16-19H,5-11H2,1-3H3;1-2H3/t16-,17?,18?,19?,20+,21-;/m1./s1. The summed E-state index contributed by atoms with van der Waals surface area (Å²) in [7, 11) is 0. The third-order valence-electron chi connectivity index (χ3n) is 8.20. The van der Waals surface area contributed by atoms with Crippen LogP contribution in [0, 0.1) is 34.5 Å². The molecule has 0 bridgehead atoms. The third-order valence-corrected chi connectivity index (χ3v) is 8.20. The predicted octanol–water partition coefficient (Wildman–Crippen LogP) is 6.35. The Morgan fingerprint density at radius 2 is 1.83 bits per heavy atom. The van der Waals surface area contributed by atoms with Crippen molar-refractivity contribution in [3.63, 3.8) is 0 Å². The van der Waals surface area contributed by atoms with Gasteiger partial charge in [0, 0.05) is 5.92 Å². The Morgan fingerprint density at radius 3 is 2.54 bits per heavy atom. The number of carbonyl (C=O) groups excluding carboxylic acids is 1. The van der Waals surface area contributed by atoms with Crippen molar-refractivity contribution in [1.29, 1.82) is 0 Å². The van der Waals surface area contributed by atoms with Crippen LogP contribution in [0.5, 0.6) is 0 Å². The predicted molar refractivity (Wildman–Crippen MR) is 102 cm³/mol. The third kappa shape index (κ3) is 2.45. The average molecular weight is 329 g/mol. The molecule has 2 saturated carbocycles. The highest BCUT2D eigenvalue weighted by Crippen LogP contribution is 2.65. The van der Waals surface area contributed by atoms with Gasteiger partial charge >= 0.3 is 0 Å². The van der Waals surface area contributed by atoms with Gasteiger partial charge in [0.1, 0.15) is 6.29 Å². The first kappa shape index (κ1) is 18.0. The van der Waals surface area contributed by atoms with Crippen LogP contribution in [0.2, 0.25) is 0 Å². The number of hydrogen-bond acceptors (Lipinski definition) is 1. The summed E-state index contributed by atoms with van der Waals surface area (Å²) >= 11 is 0. The second-order valence-electron chi connectivity index (χ2n) is 9.04. The van der Waals surface area contributed by atoms with E-state index in [1.165, 1.54) is 44.8 Å². The van der Waals surface area contributed by atoms with E-state index >= 15 is 0 Å². The van der Waals surface area contributed by atoms with Gasteiger partial charge in [-0.25, -0.2) is 0 Å². The molecule has 4 aliphatic rings. The zero-order valence-corrected chi connectivity index (χ0v) is 16.4. The van der Waals surface area contributed by atoms with Gasteiger partial charge in [0.2, 0.25) is 0 Å². The largest absolute Gasteiger partial charge is 0.303 e. The molecule has 0 N–H and O–H groups in total. The van der Waals surface area contributed by atoms with Crippen LogP contribution in [0.25, 0.3) is 0 Å². The van der Waals surface area contributed by atoms with Gasteiger partial charge < -0.3 is 4.79 Å². The van der Waals surface area contributed by atoms with Crippen molar-refractivity contribution < 1.29 is 4.79 Å². The SMILES string of the molecule is CC.CC1=CC2=CCC3C(CC[C@@]4(C)C3CC[C@@H]4C=O)[C@@]2(C)CC1. The second-order valence-corrected chi connectivity index (χ2v) is 9.04. The lowest BCUT2D eigenvalue weighted by atomic mass is 9.48. The molecule has 0 saturated heterocycles. The lowest BCUT2D eigenvalue weighted by molar-refractivity contribution is -0.117. The molecule has 1 heteroatoms. The number of aldehydes is 1. The summed E-state index contributed by atoms with van der Waals surface area (Å²) in [5, 5.41) is 0. The lowest BCUT2D eigenvalue weighted by Gasteiger charge is -2.56. The minimum absolute atomic E-state index is 0.297. The molecular weight excluding hydrogens is 292 g/mol. The lowest BCUT2D eigenvalue weighted by Crippen LogP contribution is -2.49. The highest BCUT2D eigenvalue weighted by Gasteiger charge is 2.57. The molecule has 0 heterocycles. The van der Waals surface area contributed by atoms with Crippen LogP contribution in [-0.2, 0) is 4.79 Å². The zero-order valence-electron chi connectivity index (χ0n) is 16.4. The van der Waals surface area contributed by atoms with E-state index in [4.69, 9.17) is 0 Å². The van der Waals surface area contributed by atoms with E-state index in [2.05, 4.69) is 32.9 Å². The fourth-order valence-electron chi connectivity index (χ4n) is 6.73. The van der Waals surface area contributed by atoms with E-state index < -0.39 is 0 Å². The number of allylic oxidation sites excluding steroid dienone is 4. The first-order valence-electron chi connectivity index (χ1n) is 10.3. The molecule has 2 fully saturated rings. The Labute approximate surface area is 149 Å². The van der Waals surface area contributed by atoms with Crippen LogP contribution < -0.4 is 0 Å². The van der Waals surface area contributed by atoms with E-state index in [1.807, 2.05) is 13.8 Å². The van der Waals surface area contributed by atoms with Crippen LogP contribution in [0.1, 0.15) is 79.6 Å². The molecule has 0 aromatic rings. The highest BCUT2D eigenvalue weighted by molar-refractivity contribution is 5.56.